The van der Waals surface area contributed by atoms with Gasteiger partial charge in [-0.25, -0.2) is 8.78 Å². The Morgan fingerprint density at radius 1 is 0.818 bits per heavy atom. The van der Waals surface area contributed by atoms with Gasteiger partial charge in [-0.05, 0) is 17.7 Å². The van der Waals surface area contributed by atoms with E-state index in [9.17, 15) is 22.0 Å². The molecule has 0 saturated heterocycles. The maximum Gasteiger partial charge on any atom is 0.417 e. The molecular weight excluding hydrogens is 370 g/mol. The maximum atomic E-state index is 13.1. The molecule has 0 aliphatic rings. The van der Waals surface area contributed by atoms with Crippen molar-refractivity contribution in [3.05, 3.63) is 56.5 Å². The summed E-state index contributed by atoms with van der Waals surface area (Å²) in [5, 5.41) is -0.204. The van der Waals surface area contributed by atoms with E-state index in [4.69, 9.17) is 34.8 Å². The van der Waals surface area contributed by atoms with Gasteiger partial charge in [0.15, 0.2) is 0 Å². The monoisotopic (exact) mass is 374 g/mol. The Labute approximate surface area is 137 Å². The summed E-state index contributed by atoms with van der Waals surface area (Å²) in [6.07, 6.45) is -7.84. The zero-order valence-corrected chi connectivity index (χ0v) is 12.8. The van der Waals surface area contributed by atoms with E-state index in [-0.39, 0.29) is 26.2 Å². The van der Waals surface area contributed by atoms with Gasteiger partial charge in [0.1, 0.15) is 0 Å². The average Bonchev–Trinajstić information content (AvgIpc) is 2.43. The largest absolute Gasteiger partial charge is 0.417 e. The second kappa shape index (κ2) is 6.22. The van der Waals surface area contributed by atoms with Gasteiger partial charge in [-0.2, -0.15) is 13.2 Å². The lowest BCUT2D eigenvalue weighted by Gasteiger charge is -2.16. The van der Waals surface area contributed by atoms with Crippen molar-refractivity contribution in [1.82, 2.24) is 0 Å². The third kappa shape index (κ3) is 3.31. The van der Waals surface area contributed by atoms with E-state index in [1.165, 1.54) is 12.1 Å². The lowest BCUT2D eigenvalue weighted by atomic mass is 9.97. The molecule has 0 fully saturated rings. The molecule has 0 aliphatic heterocycles. The van der Waals surface area contributed by atoms with Crippen molar-refractivity contribution in [2.24, 2.45) is 0 Å². The van der Waals surface area contributed by atoms with Crippen molar-refractivity contribution in [2.75, 3.05) is 0 Å². The Bertz CT molecular complexity index is 710. The predicted molar refractivity (Wildman–Crippen MR) is 76.9 cm³/mol. The standard InChI is InChI=1S/C14H6Cl3F5/c15-10-4-3-8(11(16)12(10)17)7-2-1-6(13(18)19)5-9(7)14(20,21)22/h1-5,13H. The van der Waals surface area contributed by atoms with Crippen LogP contribution in [0.25, 0.3) is 11.1 Å². The first-order valence-corrected chi connectivity index (χ1v) is 6.89. The Kier molecular flexibility index (Phi) is 4.90. The van der Waals surface area contributed by atoms with E-state index < -0.39 is 23.7 Å². The number of hydrogen-bond acceptors (Lipinski definition) is 0. The van der Waals surface area contributed by atoms with Crippen molar-refractivity contribution >= 4 is 34.8 Å². The summed E-state index contributed by atoms with van der Waals surface area (Å²) < 4.78 is 64.7. The molecular formula is C14H6Cl3F5. The zero-order valence-electron chi connectivity index (χ0n) is 10.5. The van der Waals surface area contributed by atoms with Crippen LogP contribution in [-0.2, 0) is 6.18 Å². The van der Waals surface area contributed by atoms with Crippen LogP contribution in [-0.4, -0.2) is 0 Å². The van der Waals surface area contributed by atoms with Crippen LogP contribution in [0.3, 0.4) is 0 Å². The third-order valence-corrected chi connectivity index (χ3v) is 4.22. The zero-order chi connectivity index (χ0) is 16.7. The Hall–Kier alpha value is -1.04. The number of benzene rings is 2. The summed E-state index contributed by atoms with van der Waals surface area (Å²) in [7, 11) is 0. The minimum atomic E-state index is -4.82. The van der Waals surface area contributed by atoms with E-state index in [0.29, 0.717) is 6.07 Å². The van der Waals surface area contributed by atoms with E-state index in [1.54, 1.807) is 0 Å². The van der Waals surface area contributed by atoms with Crippen LogP contribution >= 0.6 is 34.8 Å². The SMILES string of the molecule is FC(F)c1ccc(-c2ccc(Cl)c(Cl)c2Cl)c(C(F)(F)F)c1. The molecule has 0 aromatic heterocycles. The predicted octanol–water partition coefficient (Wildman–Crippen LogP) is 7.27. The fraction of sp³-hybridized carbons (Fsp3) is 0.143. The van der Waals surface area contributed by atoms with Gasteiger partial charge in [0.2, 0.25) is 0 Å². The molecule has 0 nitrogen and oxygen atoms in total. The van der Waals surface area contributed by atoms with Crippen LogP contribution < -0.4 is 0 Å². The average molecular weight is 376 g/mol. The van der Waals surface area contributed by atoms with Gasteiger partial charge in [-0.3, -0.25) is 0 Å². The molecule has 8 heteroatoms. The molecule has 0 spiro atoms. The fourth-order valence-electron chi connectivity index (χ4n) is 1.90. The number of halogens is 8. The molecule has 0 bridgehead atoms. The van der Waals surface area contributed by atoms with Crippen molar-refractivity contribution in [3.63, 3.8) is 0 Å². The first-order valence-electron chi connectivity index (χ1n) is 5.76. The van der Waals surface area contributed by atoms with Crippen molar-refractivity contribution in [2.45, 2.75) is 12.6 Å². The topological polar surface area (TPSA) is 0 Å². The third-order valence-electron chi connectivity index (χ3n) is 2.93. The summed E-state index contributed by atoms with van der Waals surface area (Å²) >= 11 is 17.5. The highest BCUT2D eigenvalue weighted by atomic mass is 35.5. The van der Waals surface area contributed by atoms with Gasteiger partial charge >= 0.3 is 6.18 Å². The summed E-state index contributed by atoms with van der Waals surface area (Å²) in [5.74, 6) is 0. The van der Waals surface area contributed by atoms with Gasteiger partial charge < -0.3 is 0 Å². The summed E-state index contributed by atoms with van der Waals surface area (Å²) in [5.41, 5.74) is -2.33. The molecule has 2 aromatic carbocycles. The molecule has 0 radical (unpaired) electrons. The lowest BCUT2D eigenvalue weighted by Crippen LogP contribution is -2.08. The summed E-state index contributed by atoms with van der Waals surface area (Å²) in [6.45, 7) is 0. The highest BCUT2D eigenvalue weighted by Gasteiger charge is 2.35. The van der Waals surface area contributed by atoms with Gasteiger partial charge in [-0.1, -0.05) is 53.0 Å². The Balaban J connectivity index is 2.73. The van der Waals surface area contributed by atoms with Crippen LogP contribution in [0.5, 0.6) is 0 Å². The van der Waals surface area contributed by atoms with E-state index in [1.807, 2.05) is 0 Å². The van der Waals surface area contributed by atoms with Crippen molar-refractivity contribution in [1.29, 1.82) is 0 Å². The summed E-state index contributed by atoms with van der Waals surface area (Å²) in [6, 6.07) is 4.79. The smallest absolute Gasteiger partial charge is 0.205 e. The quantitative estimate of drug-likeness (QED) is 0.382. The molecule has 0 N–H and O–H groups in total. The number of hydrogen-bond donors (Lipinski definition) is 0. The van der Waals surface area contributed by atoms with Crippen molar-refractivity contribution < 1.29 is 22.0 Å². The van der Waals surface area contributed by atoms with Gasteiger partial charge in [0, 0.05) is 11.1 Å². The maximum absolute atomic E-state index is 13.1. The van der Waals surface area contributed by atoms with E-state index in [2.05, 4.69) is 0 Å². The lowest BCUT2D eigenvalue weighted by molar-refractivity contribution is -0.137. The van der Waals surface area contributed by atoms with Crippen LogP contribution in [0.2, 0.25) is 15.1 Å². The Morgan fingerprint density at radius 3 is 1.95 bits per heavy atom. The number of rotatable bonds is 2. The molecule has 0 heterocycles. The minimum absolute atomic E-state index is 0.0378. The minimum Gasteiger partial charge on any atom is -0.205 e. The van der Waals surface area contributed by atoms with Gasteiger partial charge in [0.25, 0.3) is 6.43 Å². The molecule has 0 unspecified atom stereocenters. The van der Waals surface area contributed by atoms with Gasteiger partial charge in [-0.15, -0.1) is 0 Å². The second-order valence-corrected chi connectivity index (χ2v) is 5.49. The van der Waals surface area contributed by atoms with Crippen LogP contribution in [0.15, 0.2) is 30.3 Å². The molecule has 0 saturated carbocycles. The van der Waals surface area contributed by atoms with Crippen LogP contribution in [0.4, 0.5) is 22.0 Å². The molecule has 0 amide bonds. The van der Waals surface area contributed by atoms with E-state index in [0.717, 1.165) is 12.1 Å². The fourth-order valence-corrected chi connectivity index (χ4v) is 2.54. The molecule has 0 aliphatic carbocycles. The molecule has 2 aromatic rings. The molecule has 22 heavy (non-hydrogen) atoms. The second-order valence-electron chi connectivity index (χ2n) is 4.33. The Morgan fingerprint density at radius 2 is 1.41 bits per heavy atom. The summed E-state index contributed by atoms with van der Waals surface area (Å²) in [4.78, 5) is 0. The van der Waals surface area contributed by atoms with E-state index >= 15 is 0 Å². The normalized spacial score (nSPS) is 12.0. The highest BCUT2D eigenvalue weighted by molar-refractivity contribution is 6.49. The molecule has 118 valence electrons. The van der Waals surface area contributed by atoms with Crippen molar-refractivity contribution in [3.8, 4) is 11.1 Å². The first-order chi connectivity index (χ1) is 10.1. The number of alkyl halides is 5. The van der Waals surface area contributed by atoms with Gasteiger partial charge in [0.05, 0.1) is 20.6 Å². The molecule has 2 rings (SSSR count). The van der Waals surface area contributed by atoms with Crippen LogP contribution in [0.1, 0.15) is 17.6 Å². The molecule has 0 atom stereocenters. The highest BCUT2D eigenvalue weighted by Crippen LogP contribution is 2.44. The first kappa shape index (κ1) is 17.3. The van der Waals surface area contributed by atoms with Crippen LogP contribution in [0, 0.1) is 0 Å².